The van der Waals surface area contributed by atoms with Gasteiger partial charge in [0.25, 0.3) is 5.91 Å². The van der Waals surface area contributed by atoms with E-state index in [1.54, 1.807) is 19.2 Å². The summed E-state index contributed by atoms with van der Waals surface area (Å²) in [7, 11) is 1.62. The molecule has 1 N–H and O–H groups in total. The zero-order valence-electron chi connectivity index (χ0n) is 13.7. The largest absolute Gasteiger partial charge is 0.496 e. The molecule has 0 aliphatic heterocycles. The minimum Gasteiger partial charge on any atom is -0.496 e. The van der Waals surface area contributed by atoms with Gasteiger partial charge in [0.1, 0.15) is 5.75 Å². The Balaban J connectivity index is 1.95. The van der Waals surface area contributed by atoms with E-state index in [2.05, 4.69) is 17.4 Å². The van der Waals surface area contributed by atoms with Gasteiger partial charge in [-0.1, -0.05) is 30.3 Å². The van der Waals surface area contributed by atoms with E-state index < -0.39 is 0 Å². The summed E-state index contributed by atoms with van der Waals surface area (Å²) >= 11 is 0. The van der Waals surface area contributed by atoms with Crippen molar-refractivity contribution in [3.63, 3.8) is 0 Å². The third-order valence-corrected chi connectivity index (χ3v) is 3.55. The van der Waals surface area contributed by atoms with Gasteiger partial charge in [-0.15, -0.1) is 0 Å². The van der Waals surface area contributed by atoms with Gasteiger partial charge in [0.2, 0.25) is 0 Å². The molecule has 0 aromatic heterocycles. The van der Waals surface area contributed by atoms with E-state index in [1.807, 2.05) is 31.2 Å². The standard InChI is InChI=1S/C19H23NO3/c1-3-23-14-17-13-16(9-10-18(17)22-2)19(21)20-12-11-15-7-5-4-6-8-15/h4-10,13H,3,11-12,14H2,1-2H3,(H,20,21). The highest BCUT2D eigenvalue weighted by Gasteiger charge is 2.10. The molecule has 0 radical (unpaired) electrons. The first kappa shape index (κ1) is 17.0. The highest BCUT2D eigenvalue weighted by Crippen LogP contribution is 2.20. The summed E-state index contributed by atoms with van der Waals surface area (Å²) in [5.74, 6) is 0.653. The third-order valence-electron chi connectivity index (χ3n) is 3.55. The van der Waals surface area contributed by atoms with Gasteiger partial charge in [0.15, 0.2) is 0 Å². The number of carbonyl (C=O) groups is 1. The fourth-order valence-electron chi connectivity index (χ4n) is 2.31. The second kappa shape index (κ2) is 8.96. The molecule has 0 saturated carbocycles. The Labute approximate surface area is 137 Å². The number of nitrogens with one attached hydrogen (secondary N) is 1. The van der Waals surface area contributed by atoms with Gasteiger partial charge >= 0.3 is 0 Å². The van der Waals surface area contributed by atoms with Crippen molar-refractivity contribution in [3.8, 4) is 5.75 Å². The topological polar surface area (TPSA) is 47.6 Å². The van der Waals surface area contributed by atoms with E-state index in [1.165, 1.54) is 5.56 Å². The average Bonchev–Trinajstić information content (AvgIpc) is 2.60. The van der Waals surface area contributed by atoms with Crippen LogP contribution in [0.3, 0.4) is 0 Å². The number of ether oxygens (including phenoxy) is 2. The van der Waals surface area contributed by atoms with Crippen LogP contribution in [0.4, 0.5) is 0 Å². The summed E-state index contributed by atoms with van der Waals surface area (Å²) in [6.45, 7) is 3.60. The summed E-state index contributed by atoms with van der Waals surface area (Å²) in [6.07, 6.45) is 0.814. The van der Waals surface area contributed by atoms with Gasteiger partial charge in [-0.3, -0.25) is 4.79 Å². The number of methoxy groups -OCH3 is 1. The van der Waals surface area contributed by atoms with Crippen molar-refractivity contribution >= 4 is 5.91 Å². The first-order chi connectivity index (χ1) is 11.2. The molecule has 0 spiro atoms. The van der Waals surface area contributed by atoms with Gasteiger partial charge in [0.05, 0.1) is 13.7 Å². The molecule has 0 aliphatic rings. The summed E-state index contributed by atoms with van der Waals surface area (Å²) in [5, 5.41) is 2.95. The zero-order valence-corrected chi connectivity index (χ0v) is 13.7. The molecule has 122 valence electrons. The smallest absolute Gasteiger partial charge is 0.251 e. The minimum absolute atomic E-state index is 0.0821. The maximum absolute atomic E-state index is 12.3. The Morgan fingerprint density at radius 3 is 2.61 bits per heavy atom. The lowest BCUT2D eigenvalue weighted by molar-refractivity contribution is 0.0953. The van der Waals surface area contributed by atoms with Crippen LogP contribution in [0.5, 0.6) is 5.75 Å². The number of amides is 1. The van der Waals surface area contributed by atoms with Crippen LogP contribution in [0.15, 0.2) is 48.5 Å². The molecule has 4 heteroatoms. The van der Waals surface area contributed by atoms with Crippen LogP contribution in [-0.4, -0.2) is 26.2 Å². The Kier molecular flexibility index (Phi) is 6.63. The molecule has 0 unspecified atom stereocenters. The van der Waals surface area contributed by atoms with E-state index in [0.29, 0.717) is 25.3 Å². The van der Waals surface area contributed by atoms with Crippen LogP contribution in [0.1, 0.15) is 28.4 Å². The lowest BCUT2D eigenvalue weighted by atomic mass is 10.1. The van der Waals surface area contributed by atoms with Gasteiger partial charge < -0.3 is 14.8 Å². The van der Waals surface area contributed by atoms with Crippen molar-refractivity contribution in [3.05, 3.63) is 65.2 Å². The Morgan fingerprint density at radius 1 is 1.13 bits per heavy atom. The van der Waals surface area contributed by atoms with E-state index in [-0.39, 0.29) is 5.91 Å². The van der Waals surface area contributed by atoms with Crippen LogP contribution >= 0.6 is 0 Å². The van der Waals surface area contributed by atoms with Crippen molar-refractivity contribution in [1.82, 2.24) is 5.32 Å². The molecule has 0 fully saturated rings. The highest BCUT2D eigenvalue weighted by atomic mass is 16.5. The molecule has 0 bridgehead atoms. The fraction of sp³-hybridized carbons (Fsp3) is 0.316. The van der Waals surface area contributed by atoms with Crippen LogP contribution in [0.2, 0.25) is 0 Å². The van der Waals surface area contributed by atoms with Gasteiger partial charge in [-0.05, 0) is 37.1 Å². The second-order valence-corrected chi connectivity index (χ2v) is 5.16. The third kappa shape index (κ3) is 5.11. The van der Waals surface area contributed by atoms with E-state index in [4.69, 9.17) is 9.47 Å². The predicted molar refractivity (Wildman–Crippen MR) is 90.8 cm³/mol. The zero-order chi connectivity index (χ0) is 16.5. The lowest BCUT2D eigenvalue weighted by Gasteiger charge is -2.11. The van der Waals surface area contributed by atoms with Gasteiger partial charge in [0, 0.05) is 24.3 Å². The first-order valence-electron chi connectivity index (χ1n) is 7.81. The van der Waals surface area contributed by atoms with Crippen molar-refractivity contribution in [1.29, 1.82) is 0 Å². The summed E-state index contributed by atoms with van der Waals surface area (Å²) in [6, 6.07) is 15.5. The van der Waals surface area contributed by atoms with Crippen LogP contribution in [0.25, 0.3) is 0 Å². The normalized spacial score (nSPS) is 10.3. The molecule has 2 aromatic rings. The molecule has 23 heavy (non-hydrogen) atoms. The summed E-state index contributed by atoms with van der Waals surface area (Å²) < 4.78 is 10.7. The molecule has 0 heterocycles. The molecule has 2 rings (SSSR count). The average molecular weight is 313 g/mol. The van der Waals surface area contributed by atoms with Gasteiger partial charge in [-0.2, -0.15) is 0 Å². The minimum atomic E-state index is -0.0821. The first-order valence-corrected chi connectivity index (χ1v) is 7.81. The van der Waals surface area contributed by atoms with Crippen molar-refractivity contribution in [2.75, 3.05) is 20.3 Å². The Bertz CT molecular complexity index is 626. The number of hydrogen-bond donors (Lipinski definition) is 1. The fourth-order valence-corrected chi connectivity index (χ4v) is 2.31. The SMILES string of the molecule is CCOCc1cc(C(=O)NCCc2ccccc2)ccc1OC. The highest BCUT2D eigenvalue weighted by molar-refractivity contribution is 5.94. The molecule has 0 saturated heterocycles. The molecular formula is C19H23NO3. The van der Waals surface area contributed by atoms with Crippen LogP contribution in [0, 0.1) is 0 Å². The van der Waals surface area contributed by atoms with E-state index >= 15 is 0 Å². The van der Waals surface area contributed by atoms with Crippen molar-refractivity contribution < 1.29 is 14.3 Å². The number of rotatable bonds is 8. The lowest BCUT2D eigenvalue weighted by Crippen LogP contribution is -2.25. The van der Waals surface area contributed by atoms with Gasteiger partial charge in [-0.25, -0.2) is 0 Å². The Hall–Kier alpha value is -2.33. The van der Waals surface area contributed by atoms with Crippen molar-refractivity contribution in [2.24, 2.45) is 0 Å². The summed E-state index contributed by atoms with van der Waals surface area (Å²) in [4.78, 5) is 12.3. The monoisotopic (exact) mass is 313 g/mol. The predicted octanol–water partition coefficient (Wildman–Crippen LogP) is 3.20. The number of hydrogen-bond acceptors (Lipinski definition) is 3. The molecule has 0 aliphatic carbocycles. The molecule has 2 aromatic carbocycles. The summed E-state index contributed by atoms with van der Waals surface area (Å²) in [5.41, 5.74) is 2.71. The number of carbonyl (C=O) groups excluding carboxylic acids is 1. The molecular weight excluding hydrogens is 290 g/mol. The maximum atomic E-state index is 12.3. The van der Waals surface area contributed by atoms with Crippen molar-refractivity contribution in [2.45, 2.75) is 20.0 Å². The molecule has 4 nitrogen and oxygen atoms in total. The van der Waals surface area contributed by atoms with E-state index in [0.717, 1.165) is 17.7 Å². The Morgan fingerprint density at radius 2 is 1.91 bits per heavy atom. The van der Waals surface area contributed by atoms with E-state index in [9.17, 15) is 4.79 Å². The second-order valence-electron chi connectivity index (χ2n) is 5.16. The molecule has 1 amide bonds. The van der Waals surface area contributed by atoms with Crippen LogP contribution in [-0.2, 0) is 17.8 Å². The van der Waals surface area contributed by atoms with Crippen LogP contribution < -0.4 is 10.1 Å². The number of benzene rings is 2. The maximum Gasteiger partial charge on any atom is 0.251 e. The molecule has 0 atom stereocenters. The quantitative estimate of drug-likeness (QED) is 0.814.